The zero-order chi connectivity index (χ0) is 17.9. The van der Waals surface area contributed by atoms with Gasteiger partial charge in [0.2, 0.25) is 10.0 Å². The molecule has 0 spiro atoms. The smallest absolute Gasteiger partial charge is 0.232 e. The van der Waals surface area contributed by atoms with E-state index >= 15 is 0 Å². The molecule has 0 aliphatic carbocycles. The Kier molecular flexibility index (Phi) is 11.6. The number of sulfonamides is 1. The Labute approximate surface area is 173 Å². The summed E-state index contributed by atoms with van der Waals surface area (Å²) in [5.74, 6) is -2.00. The Hall–Kier alpha value is -1.56. The number of halogens is 3. The Morgan fingerprint density at radius 2 is 1.78 bits per heavy atom. The average Bonchev–Trinajstić information content (AvgIpc) is 2.52. The molecule has 12 heteroatoms. The first-order valence-corrected chi connectivity index (χ1v) is 9.12. The van der Waals surface area contributed by atoms with Crippen LogP contribution in [0, 0.1) is 11.6 Å². The molecule has 0 saturated heterocycles. The van der Waals surface area contributed by atoms with Gasteiger partial charge in [0.1, 0.15) is 11.6 Å². The van der Waals surface area contributed by atoms with Crippen LogP contribution in [0.15, 0.2) is 34.8 Å². The van der Waals surface area contributed by atoms with Crippen molar-refractivity contribution < 1.29 is 54.8 Å². The van der Waals surface area contributed by atoms with Crippen molar-refractivity contribution in [2.24, 2.45) is 0 Å². The number of rotatable bonds is 6. The van der Waals surface area contributed by atoms with E-state index in [-0.39, 0.29) is 61.0 Å². The summed E-state index contributed by atoms with van der Waals surface area (Å²) in [7, 11) is -3.58. The summed E-state index contributed by atoms with van der Waals surface area (Å²) in [6.45, 7) is 1.45. The molecule has 0 aliphatic heterocycles. The molecule has 2 rings (SSSR count). The van der Waals surface area contributed by atoms with Crippen molar-refractivity contribution in [1.82, 2.24) is 0 Å². The Balaban J connectivity index is 0. The molecule has 0 aromatic heterocycles. The second kappa shape index (κ2) is 11.3. The van der Waals surface area contributed by atoms with Gasteiger partial charge in [-0.15, -0.1) is 0 Å². The van der Waals surface area contributed by atoms with Crippen molar-refractivity contribution >= 4 is 37.9 Å². The molecule has 2 aromatic rings. The van der Waals surface area contributed by atoms with Crippen LogP contribution in [0.5, 0.6) is 11.5 Å². The van der Waals surface area contributed by atoms with Gasteiger partial charge < -0.3 is 15.7 Å². The van der Waals surface area contributed by atoms with E-state index < -0.39 is 21.7 Å². The fraction of sp³-hybridized carbons (Fsp3) is 0.133. The number of carbonyl (C=O) groups is 1. The molecule has 1 radical (unpaired) electrons. The van der Waals surface area contributed by atoms with Crippen LogP contribution in [0.25, 0.3) is 0 Å². The zero-order valence-electron chi connectivity index (χ0n) is 13.5. The van der Waals surface area contributed by atoms with E-state index in [2.05, 4.69) is 20.7 Å². The molecule has 27 heavy (non-hydrogen) atoms. The molecule has 0 unspecified atom stereocenters. The van der Waals surface area contributed by atoms with Gasteiger partial charge in [-0.25, -0.2) is 17.2 Å². The fourth-order valence-corrected chi connectivity index (χ4v) is 2.83. The number of ether oxygens (including phenoxy) is 1. The van der Waals surface area contributed by atoms with E-state index in [9.17, 15) is 22.0 Å². The third-order valence-electron chi connectivity index (χ3n) is 2.99. The number of benzene rings is 2. The van der Waals surface area contributed by atoms with E-state index in [1.807, 2.05) is 0 Å². The number of carbonyl (C=O) groups excluding carboxylic acids is 1. The van der Waals surface area contributed by atoms with Crippen molar-refractivity contribution in [3.05, 3.63) is 52.0 Å². The first-order valence-electron chi connectivity index (χ1n) is 6.68. The molecule has 1 N–H and O–H groups in total. The standard InChI is InChI=1S/C15H12BrF2NO4S.Mn.2O/c1-2-24(21,22)19-13-7-11(16)15(5-9(13)8-20)23-14-4-3-10(17)6-12(14)18;;;/h3-8,19H,2H2,1H3;;;/q;;2*-2. The monoisotopic (exact) mass is 506 g/mol. The third-order valence-corrected chi connectivity index (χ3v) is 4.90. The maximum Gasteiger partial charge on any atom is 0.232 e. The average molecular weight is 507 g/mol. The summed E-state index contributed by atoms with van der Waals surface area (Å²) < 4.78 is 57.7. The van der Waals surface area contributed by atoms with E-state index in [1.165, 1.54) is 19.1 Å². The second-order valence-electron chi connectivity index (χ2n) is 4.67. The zero-order valence-corrected chi connectivity index (χ0v) is 17.1. The second-order valence-corrected chi connectivity index (χ2v) is 7.54. The normalized spacial score (nSPS) is 9.93. The van der Waals surface area contributed by atoms with E-state index in [4.69, 9.17) is 4.74 Å². The van der Waals surface area contributed by atoms with Gasteiger partial charge in [-0.2, -0.15) is 0 Å². The first-order chi connectivity index (χ1) is 11.3. The topological polar surface area (TPSA) is 129 Å². The van der Waals surface area contributed by atoms with Crippen LogP contribution in [0.2, 0.25) is 0 Å². The molecule has 7 nitrogen and oxygen atoms in total. The van der Waals surface area contributed by atoms with Gasteiger partial charge in [0.15, 0.2) is 17.9 Å². The van der Waals surface area contributed by atoms with Crippen LogP contribution in [0.1, 0.15) is 17.3 Å². The summed E-state index contributed by atoms with van der Waals surface area (Å²) in [6, 6.07) is 5.36. The quantitative estimate of drug-likeness (QED) is 0.470. The summed E-state index contributed by atoms with van der Waals surface area (Å²) >= 11 is 3.16. The molecular formula is C15H12BrF2MnNO6S-4. The van der Waals surface area contributed by atoms with Gasteiger partial charge in [0.25, 0.3) is 0 Å². The predicted molar refractivity (Wildman–Crippen MR) is 90.4 cm³/mol. The van der Waals surface area contributed by atoms with Crippen LogP contribution in [-0.4, -0.2) is 20.5 Å². The van der Waals surface area contributed by atoms with Crippen LogP contribution in [0.4, 0.5) is 14.5 Å². The molecule has 0 bridgehead atoms. The van der Waals surface area contributed by atoms with E-state index in [0.717, 1.165) is 12.1 Å². The third kappa shape index (κ3) is 7.17. The number of anilines is 1. The Morgan fingerprint density at radius 3 is 2.30 bits per heavy atom. The maximum atomic E-state index is 13.7. The van der Waals surface area contributed by atoms with E-state index in [0.29, 0.717) is 12.4 Å². The summed E-state index contributed by atoms with van der Waals surface area (Å²) in [5.41, 5.74) is 0.0680. The van der Waals surface area contributed by atoms with Crippen LogP contribution < -0.4 is 9.46 Å². The van der Waals surface area contributed by atoms with Crippen molar-refractivity contribution in [2.75, 3.05) is 10.5 Å². The van der Waals surface area contributed by atoms with Gasteiger partial charge in [-0.3, -0.25) is 9.52 Å². The minimum absolute atomic E-state index is 0. The first kappa shape index (κ1) is 27.7. The van der Waals surface area contributed by atoms with Crippen molar-refractivity contribution in [2.45, 2.75) is 6.92 Å². The Bertz CT molecular complexity index is 898. The maximum absolute atomic E-state index is 13.7. The largest absolute Gasteiger partial charge is 2.00 e. The van der Waals surface area contributed by atoms with Crippen molar-refractivity contribution in [3.63, 3.8) is 0 Å². The summed E-state index contributed by atoms with van der Waals surface area (Å²) in [5, 5.41) is 0. The molecule has 0 heterocycles. The summed E-state index contributed by atoms with van der Waals surface area (Å²) in [4.78, 5) is 11.2. The molecule has 151 valence electrons. The number of aldehydes is 1. The van der Waals surface area contributed by atoms with Crippen LogP contribution in [-0.2, 0) is 38.0 Å². The Morgan fingerprint density at radius 1 is 1.15 bits per heavy atom. The van der Waals surface area contributed by atoms with Gasteiger partial charge in [0, 0.05) is 28.7 Å². The molecule has 0 aliphatic rings. The van der Waals surface area contributed by atoms with E-state index in [1.54, 1.807) is 0 Å². The molecule has 2 aromatic carbocycles. The SMILES string of the molecule is CCS(=O)(=O)Nc1cc(Br)c(Oc2ccc(F)cc2F)cc1C=O.[Mn].[O-2].[O-2]. The molecule has 0 amide bonds. The fourth-order valence-electron chi connectivity index (χ4n) is 1.75. The molecular weight excluding hydrogens is 495 g/mol. The van der Waals surface area contributed by atoms with Crippen molar-refractivity contribution in [3.8, 4) is 11.5 Å². The van der Waals surface area contributed by atoms with Crippen LogP contribution in [0.3, 0.4) is 0 Å². The molecule has 0 saturated carbocycles. The minimum Gasteiger partial charge on any atom is -2.00 e. The van der Waals surface area contributed by atoms with Gasteiger partial charge in [-0.1, -0.05) is 0 Å². The van der Waals surface area contributed by atoms with Crippen LogP contribution >= 0.6 is 15.9 Å². The summed E-state index contributed by atoms with van der Waals surface area (Å²) in [6.07, 6.45) is 0.438. The van der Waals surface area contributed by atoms with Gasteiger partial charge >= 0.3 is 0 Å². The number of nitrogens with one attached hydrogen (secondary N) is 1. The molecule has 0 atom stereocenters. The predicted octanol–water partition coefficient (Wildman–Crippen LogP) is 3.85. The number of hydrogen-bond acceptors (Lipinski definition) is 4. The van der Waals surface area contributed by atoms with Crippen molar-refractivity contribution in [1.29, 1.82) is 0 Å². The van der Waals surface area contributed by atoms with Gasteiger partial charge in [-0.05, 0) is 47.1 Å². The minimum atomic E-state index is -3.58. The molecule has 0 fully saturated rings. The number of hydrogen-bond donors (Lipinski definition) is 1. The van der Waals surface area contributed by atoms with Gasteiger partial charge in [0.05, 0.1) is 15.9 Å².